The maximum atomic E-state index is 12.9. The molecular formula is C22H19BrN2O6S2. The molecule has 11 heteroatoms. The summed E-state index contributed by atoms with van der Waals surface area (Å²) in [5.74, 6) is -1.43. The molecule has 0 radical (unpaired) electrons. The van der Waals surface area contributed by atoms with E-state index >= 15 is 0 Å². The van der Waals surface area contributed by atoms with E-state index in [4.69, 9.17) is 26.8 Å². The zero-order valence-electron chi connectivity index (χ0n) is 17.5. The van der Waals surface area contributed by atoms with Crippen molar-refractivity contribution >= 4 is 68.1 Å². The van der Waals surface area contributed by atoms with E-state index in [0.29, 0.717) is 32.9 Å². The maximum absolute atomic E-state index is 12.9. The molecule has 0 aliphatic carbocycles. The first-order chi connectivity index (χ1) is 15.7. The Morgan fingerprint density at radius 2 is 2.00 bits per heavy atom. The van der Waals surface area contributed by atoms with Crippen molar-refractivity contribution in [3.63, 3.8) is 0 Å². The van der Waals surface area contributed by atoms with E-state index < -0.39 is 23.9 Å². The predicted octanol–water partition coefficient (Wildman–Crippen LogP) is 4.25. The van der Waals surface area contributed by atoms with E-state index in [1.54, 1.807) is 55.5 Å². The molecule has 0 aromatic heterocycles. The van der Waals surface area contributed by atoms with Gasteiger partial charge in [-0.05, 0) is 77.9 Å². The normalized spacial score (nSPS) is 15.5. The Labute approximate surface area is 208 Å². The third-order valence-corrected chi connectivity index (χ3v) is 6.34. The van der Waals surface area contributed by atoms with Crippen LogP contribution in [0.3, 0.4) is 0 Å². The SMILES string of the molecule is CCOc1cc(/C=C2/SC(=S)N(NC(=O)c3ccccc3Br)C2=O)ccc1OC(C)C(=O)O. The number of ether oxygens (including phenoxy) is 2. The number of benzene rings is 2. The van der Waals surface area contributed by atoms with Gasteiger partial charge in [-0.1, -0.05) is 30.0 Å². The molecule has 2 aromatic rings. The Hall–Kier alpha value is -2.89. The largest absolute Gasteiger partial charge is 0.490 e. The van der Waals surface area contributed by atoms with Gasteiger partial charge in [-0.15, -0.1) is 0 Å². The fourth-order valence-corrected chi connectivity index (χ4v) is 4.39. The van der Waals surface area contributed by atoms with Gasteiger partial charge in [-0.2, -0.15) is 5.01 Å². The molecule has 3 rings (SSSR count). The number of carbonyl (C=O) groups excluding carboxylic acids is 2. The van der Waals surface area contributed by atoms with Crippen LogP contribution in [0.4, 0.5) is 0 Å². The highest BCUT2D eigenvalue weighted by atomic mass is 79.9. The van der Waals surface area contributed by atoms with Crippen molar-refractivity contribution in [2.45, 2.75) is 20.0 Å². The summed E-state index contributed by atoms with van der Waals surface area (Å²) in [6, 6.07) is 11.7. The van der Waals surface area contributed by atoms with Crippen LogP contribution in [0.25, 0.3) is 6.08 Å². The first kappa shape index (κ1) is 24.7. The van der Waals surface area contributed by atoms with Crippen LogP contribution in [-0.4, -0.2) is 44.9 Å². The number of aliphatic carboxylic acids is 1. The van der Waals surface area contributed by atoms with Crippen molar-refractivity contribution in [3.8, 4) is 11.5 Å². The second-order valence-electron chi connectivity index (χ2n) is 6.68. The van der Waals surface area contributed by atoms with Crippen molar-refractivity contribution in [1.82, 2.24) is 10.4 Å². The van der Waals surface area contributed by atoms with E-state index in [1.165, 1.54) is 6.92 Å². The minimum absolute atomic E-state index is 0.187. The highest BCUT2D eigenvalue weighted by Crippen LogP contribution is 2.34. The lowest BCUT2D eigenvalue weighted by atomic mass is 10.2. The molecule has 8 nitrogen and oxygen atoms in total. The predicted molar refractivity (Wildman–Crippen MR) is 132 cm³/mol. The molecule has 0 spiro atoms. The average molecular weight is 551 g/mol. The van der Waals surface area contributed by atoms with Gasteiger partial charge in [0.1, 0.15) is 0 Å². The Bertz CT molecular complexity index is 1150. The van der Waals surface area contributed by atoms with E-state index in [0.717, 1.165) is 16.8 Å². The first-order valence-corrected chi connectivity index (χ1v) is 11.7. The lowest BCUT2D eigenvalue weighted by molar-refractivity contribution is -0.144. The van der Waals surface area contributed by atoms with Gasteiger partial charge in [0.25, 0.3) is 11.8 Å². The number of carboxylic acid groups (broad SMARTS) is 1. The Morgan fingerprint density at radius 1 is 1.27 bits per heavy atom. The third kappa shape index (κ3) is 5.92. The van der Waals surface area contributed by atoms with Crippen molar-refractivity contribution in [2.24, 2.45) is 0 Å². The molecule has 1 fully saturated rings. The van der Waals surface area contributed by atoms with Crippen LogP contribution in [-0.2, 0) is 9.59 Å². The van der Waals surface area contributed by atoms with Crippen LogP contribution in [0, 0.1) is 0 Å². The molecule has 1 aliphatic heterocycles. The van der Waals surface area contributed by atoms with Gasteiger partial charge in [-0.25, -0.2) is 4.79 Å². The number of rotatable bonds is 8. The fourth-order valence-electron chi connectivity index (χ4n) is 2.74. The minimum atomic E-state index is -1.10. The van der Waals surface area contributed by atoms with Crippen LogP contribution >= 0.6 is 39.9 Å². The average Bonchev–Trinajstić information content (AvgIpc) is 3.03. The zero-order chi connectivity index (χ0) is 24.1. The van der Waals surface area contributed by atoms with Crippen LogP contribution in [0.1, 0.15) is 29.8 Å². The molecule has 1 heterocycles. The van der Waals surface area contributed by atoms with Gasteiger partial charge >= 0.3 is 5.97 Å². The summed E-state index contributed by atoms with van der Waals surface area (Å²) in [5, 5.41) is 10.1. The second kappa shape index (κ2) is 10.8. The van der Waals surface area contributed by atoms with Gasteiger partial charge in [0.2, 0.25) is 0 Å². The van der Waals surface area contributed by atoms with E-state index in [9.17, 15) is 14.4 Å². The molecule has 0 saturated carbocycles. The van der Waals surface area contributed by atoms with E-state index in [-0.39, 0.29) is 10.1 Å². The molecule has 2 amide bonds. The summed E-state index contributed by atoms with van der Waals surface area (Å²) in [7, 11) is 0. The Kier molecular flexibility index (Phi) is 8.11. The number of hydrogen-bond donors (Lipinski definition) is 2. The highest BCUT2D eigenvalue weighted by Gasteiger charge is 2.34. The topological polar surface area (TPSA) is 105 Å². The Morgan fingerprint density at radius 3 is 2.67 bits per heavy atom. The van der Waals surface area contributed by atoms with Gasteiger partial charge in [0.15, 0.2) is 21.9 Å². The molecule has 33 heavy (non-hydrogen) atoms. The van der Waals surface area contributed by atoms with Crippen molar-refractivity contribution < 1.29 is 29.0 Å². The molecular weight excluding hydrogens is 532 g/mol. The molecule has 1 unspecified atom stereocenters. The van der Waals surface area contributed by atoms with Gasteiger partial charge in [0.05, 0.1) is 17.1 Å². The standard InChI is InChI=1S/C22H19BrN2O6S2/c1-3-30-17-10-13(8-9-16(17)31-12(2)21(28)29)11-18-20(27)25(22(32)33-18)24-19(26)14-6-4-5-7-15(14)23/h4-12H,3H2,1-2H3,(H,24,26)(H,28,29)/b18-11+. The quantitative estimate of drug-likeness (QED) is 0.371. The number of nitrogens with zero attached hydrogens (tertiary/aromatic N) is 1. The number of carbonyl (C=O) groups is 3. The Balaban J connectivity index is 1.80. The van der Waals surface area contributed by atoms with Gasteiger partial charge in [0, 0.05) is 4.47 Å². The summed E-state index contributed by atoms with van der Waals surface area (Å²) in [4.78, 5) is 36.8. The number of hydrazine groups is 1. The molecule has 1 saturated heterocycles. The molecule has 1 aliphatic rings. The fraction of sp³-hybridized carbons (Fsp3) is 0.182. The lowest BCUT2D eigenvalue weighted by Crippen LogP contribution is -2.44. The van der Waals surface area contributed by atoms with Crippen LogP contribution in [0.15, 0.2) is 51.8 Å². The summed E-state index contributed by atoms with van der Waals surface area (Å²) in [6.07, 6.45) is 0.552. The van der Waals surface area contributed by atoms with E-state index in [2.05, 4.69) is 21.4 Å². The number of hydrogen-bond acceptors (Lipinski definition) is 7. The number of halogens is 1. The molecule has 0 bridgehead atoms. The number of carboxylic acids is 1. The number of thiocarbonyl (C=S) groups is 1. The van der Waals surface area contributed by atoms with Crippen molar-refractivity contribution in [2.75, 3.05) is 6.61 Å². The molecule has 2 aromatic carbocycles. The van der Waals surface area contributed by atoms with Crippen LogP contribution < -0.4 is 14.9 Å². The van der Waals surface area contributed by atoms with E-state index in [1.807, 2.05) is 0 Å². The molecule has 1 atom stereocenters. The minimum Gasteiger partial charge on any atom is -0.490 e. The van der Waals surface area contributed by atoms with Gasteiger partial charge < -0.3 is 14.6 Å². The number of amides is 2. The first-order valence-electron chi connectivity index (χ1n) is 9.71. The molecule has 172 valence electrons. The highest BCUT2D eigenvalue weighted by molar-refractivity contribution is 9.10. The molecule has 2 N–H and O–H groups in total. The van der Waals surface area contributed by atoms with Crippen molar-refractivity contribution in [1.29, 1.82) is 0 Å². The van der Waals surface area contributed by atoms with Crippen LogP contribution in [0.2, 0.25) is 0 Å². The third-order valence-electron chi connectivity index (χ3n) is 4.34. The smallest absolute Gasteiger partial charge is 0.344 e. The lowest BCUT2D eigenvalue weighted by Gasteiger charge is -2.16. The van der Waals surface area contributed by atoms with Crippen LogP contribution in [0.5, 0.6) is 11.5 Å². The second-order valence-corrected chi connectivity index (χ2v) is 9.21. The maximum Gasteiger partial charge on any atom is 0.344 e. The van der Waals surface area contributed by atoms with Crippen molar-refractivity contribution in [3.05, 3.63) is 63.0 Å². The zero-order valence-corrected chi connectivity index (χ0v) is 20.8. The van der Waals surface area contributed by atoms with Gasteiger partial charge in [-0.3, -0.25) is 15.0 Å². The number of nitrogens with one attached hydrogen (secondary N) is 1. The summed E-state index contributed by atoms with van der Waals surface area (Å²) >= 11 is 9.63. The number of thioether (sulfide) groups is 1. The summed E-state index contributed by atoms with van der Waals surface area (Å²) in [6.45, 7) is 3.54. The monoisotopic (exact) mass is 550 g/mol. The summed E-state index contributed by atoms with van der Waals surface area (Å²) in [5.41, 5.74) is 3.52. The summed E-state index contributed by atoms with van der Waals surface area (Å²) < 4.78 is 11.8.